The quantitative estimate of drug-likeness (QED) is 0.891. The topological polar surface area (TPSA) is 15.3 Å². The van der Waals surface area contributed by atoms with Crippen LogP contribution in [-0.2, 0) is 6.42 Å². The van der Waals surface area contributed by atoms with E-state index in [1.165, 1.54) is 22.4 Å². The van der Waals surface area contributed by atoms with Crippen LogP contribution in [0.2, 0.25) is 0 Å². The average Bonchev–Trinajstić information content (AvgIpc) is 2.49. The molecule has 0 bridgehead atoms. The molecule has 1 unspecified atom stereocenters. The fourth-order valence-corrected chi connectivity index (χ4v) is 2.44. The van der Waals surface area contributed by atoms with E-state index in [9.17, 15) is 0 Å². The second kappa shape index (κ2) is 6.58. The third-order valence-electron chi connectivity index (χ3n) is 3.75. The van der Waals surface area contributed by atoms with Gasteiger partial charge in [0.1, 0.15) is 0 Å². The van der Waals surface area contributed by atoms with Gasteiger partial charge in [0.15, 0.2) is 0 Å². The van der Waals surface area contributed by atoms with Crippen LogP contribution in [0.25, 0.3) is 0 Å². The molecule has 20 heavy (non-hydrogen) atoms. The molecular formula is C18H24N2. The van der Waals surface area contributed by atoms with Crippen LogP contribution in [0.3, 0.4) is 0 Å². The molecule has 0 aliphatic heterocycles. The van der Waals surface area contributed by atoms with E-state index in [2.05, 4.69) is 79.8 Å². The molecule has 0 saturated carbocycles. The zero-order valence-electron chi connectivity index (χ0n) is 12.9. The highest BCUT2D eigenvalue weighted by Crippen LogP contribution is 2.24. The molecular weight excluding hydrogens is 244 g/mol. The van der Waals surface area contributed by atoms with Crippen molar-refractivity contribution >= 4 is 5.69 Å². The zero-order chi connectivity index (χ0) is 14.5. The molecule has 2 aromatic carbocycles. The van der Waals surface area contributed by atoms with E-state index < -0.39 is 0 Å². The number of aryl methyl sites for hydroxylation is 1. The van der Waals surface area contributed by atoms with Gasteiger partial charge in [-0.1, -0.05) is 43.3 Å². The zero-order valence-corrected chi connectivity index (χ0v) is 12.9. The molecule has 0 aliphatic carbocycles. The van der Waals surface area contributed by atoms with Gasteiger partial charge in [0.2, 0.25) is 0 Å². The minimum Gasteiger partial charge on any atom is -0.378 e. The van der Waals surface area contributed by atoms with Crippen LogP contribution < -0.4 is 10.2 Å². The summed E-state index contributed by atoms with van der Waals surface area (Å²) in [5.74, 6) is 0. The summed E-state index contributed by atoms with van der Waals surface area (Å²) in [5, 5.41) is 3.41. The maximum absolute atomic E-state index is 3.41. The summed E-state index contributed by atoms with van der Waals surface area (Å²) < 4.78 is 0. The van der Waals surface area contributed by atoms with Crippen LogP contribution in [0.4, 0.5) is 5.69 Å². The Morgan fingerprint density at radius 2 is 1.40 bits per heavy atom. The predicted molar refractivity (Wildman–Crippen MR) is 87.5 cm³/mol. The number of hydrogen-bond donors (Lipinski definition) is 1. The van der Waals surface area contributed by atoms with E-state index in [0.29, 0.717) is 0 Å². The van der Waals surface area contributed by atoms with E-state index in [1.54, 1.807) is 0 Å². The van der Waals surface area contributed by atoms with Gasteiger partial charge in [-0.05, 0) is 42.3 Å². The van der Waals surface area contributed by atoms with Crippen LogP contribution in [0.5, 0.6) is 0 Å². The molecule has 2 rings (SSSR count). The fraction of sp³-hybridized carbons (Fsp3) is 0.333. The Kier molecular flexibility index (Phi) is 4.80. The average molecular weight is 268 g/mol. The number of hydrogen-bond acceptors (Lipinski definition) is 2. The molecule has 2 aromatic rings. The summed E-state index contributed by atoms with van der Waals surface area (Å²) >= 11 is 0. The first-order chi connectivity index (χ1) is 9.65. The highest BCUT2D eigenvalue weighted by molar-refractivity contribution is 5.47. The minimum atomic E-state index is 0.247. The standard InChI is InChI=1S/C18H24N2/c1-5-14-6-8-15(9-7-14)18(19-2)16-10-12-17(13-11-16)20(3)4/h6-13,18-19H,5H2,1-4H3. The fourth-order valence-electron chi connectivity index (χ4n) is 2.44. The van der Waals surface area contributed by atoms with Gasteiger partial charge in [0, 0.05) is 19.8 Å². The Morgan fingerprint density at radius 1 is 0.900 bits per heavy atom. The number of anilines is 1. The summed E-state index contributed by atoms with van der Waals surface area (Å²) in [4.78, 5) is 2.12. The van der Waals surface area contributed by atoms with Gasteiger partial charge in [-0.2, -0.15) is 0 Å². The van der Waals surface area contributed by atoms with Crippen molar-refractivity contribution in [3.63, 3.8) is 0 Å². The Balaban J connectivity index is 2.26. The van der Waals surface area contributed by atoms with Crippen molar-refractivity contribution in [2.45, 2.75) is 19.4 Å². The van der Waals surface area contributed by atoms with Gasteiger partial charge in [-0.3, -0.25) is 0 Å². The molecule has 1 atom stereocenters. The molecule has 1 N–H and O–H groups in total. The highest BCUT2D eigenvalue weighted by atomic mass is 15.1. The van der Waals surface area contributed by atoms with Crippen LogP contribution in [0, 0.1) is 0 Å². The molecule has 2 heteroatoms. The van der Waals surface area contributed by atoms with E-state index in [4.69, 9.17) is 0 Å². The summed E-state index contributed by atoms with van der Waals surface area (Å²) in [5.41, 5.74) is 5.21. The SMILES string of the molecule is CCc1ccc(C(NC)c2ccc(N(C)C)cc2)cc1. The molecule has 0 spiro atoms. The number of rotatable bonds is 5. The maximum Gasteiger partial charge on any atom is 0.0574 e. The van der Waals surface area contributed by atoms with Crippen molar-refractivity contribution in [3.8, 4) is 0 Å². The number of benzene rings is 2. The molecule has 2 nitrogen and oxygen atoms in total. The van der Waals surface area contributed by atoms with Crippen molar-refractivity contribution in [2.24, 2.45) is 0 Å². The summed E-state index contributed by atoms with van der Waals surface area (Å²) in [6.07, 6.45) is 1.09. The van der Waals surface area contributed by atoms with E-state index in [1.807, 2.05) is 7.05 Å². The molecule has 0 heterocycles. The second-order valence-corrected chi connectivity index (χ2v) is 5.30. The molecule has 0 amide bonds. The van der Waals surface area contributed by atoms with Gasteiger partial charge in [-0.15, -0.1) is 0 Å². The van der Waals surface area contributed by atoms with Crippen molar-refractivity contribution < 1.29 is 0 Å². The summed E-state index contributed by atoms with van der Waals surface area (Å²) in [6.45, 7) is 2.19. The monoisotopic (exact) mass is 268 g/mol. The predicted octanol–water partition coefficient (Wildman–Crippen LogP) is 3.62. The Morgan fingerprint density at radius 3 is 1.80 bits per heavy atom. The molecule has 0 aliphatic rings. The number of nitrogens with zero attached hydrogens (tertiary/aromatic N) is 1. The van der Waals surface area contributed by atoms with E-state index >= 15 is 0 Å². The number of nitrogens with one attached hydrogen (secondary N) is 1. The third-order valence-corrected chi connectivity index (χ3v) is 3.75. The van der Waals surface area contributed by atoms with Gasteiger partial charge in [0.05, 0.1) is 6.04 Å². The molecule has 0 aromatic heterocycles. The van der Waals surface area contributed by atoms with Crippen molar-refractivity contribution in [1.29, 1.82) is 0 Å². The van der Waals surface area contributed by atoms with Gasteiger partial charge < -0.3 is 10.2 Å². The van der Waals surface area contributed by atoms with Gasteiger partial charge in [0.25, 0.3) is 0 Å². The lowest BCUT2D eigenvalue weighted by Crippen LogP contribution is -2.18. The first-order valence-electron chi connectivity index (χ1n) is 7.19. The van der Waals surface area contributed by atoms with Gasteiger partial charge >= 0.3 is 0 Å². The summed E-state index contributed by atoms with van der Waals surface area (Å²) in [6, 6.07) is 17.9. The largest absolute Gasteiger partial charge is 0.378 e. The van der Waals surface area contributed by atoms with Gasteiger partial charge in [-0.25, -0.2) is 0 Å². The van der Waals surface area contributed by atoms with Crippen molar-refractivity contribution in [1.82, 2.24) is 5.32 Å². The smallest absolute Gasteiger partial charge is 0.0574 e. The normalized spacial score (nSPS) is 12.2. The molecule has 0 fully saturated rings. The second-order valence-electron chi connectivity index (χ2n) is 5.30. The maximum atomic E-state index is 3.41. The lowest BCUT2D eigenvalue weighted by Gasteiger charge is -2.19. The third kappa shape index (κ3) is 3.20. The lowest BCUT2D eigenvalue weighted by molar-refractivity contribution is 0.691. The Hall–Kier alpha value is -1.80. The van der Waals surface area contributed by atoms with Crippen molar-refractivity contribution in [3.05, 3.63) is 65.2 Å². The Bertz CT molecular complexity index is 526. The van der Waals surface area contributed by atoms with E-state index in [0.717, 1.165) is 6.42 Å². The summed E-state index contributed by atoms with van der Waals surface area (Å²) in [7, 11) is 6.14. The first-order valence-corrected chi connectivity index (χ1v) is 7.19. The molecule has 106 valence electrons. The van der Waals surface area contributed by atoms with Crippen molar-refractivity contribution in [2.75, 3.05) is 26.0 Å². The molecule has 0 saturated heterocycles. The lowest BCUT2D eigenvalue weighted by atomic mass is 9.97. The van der Waals surface area contributed by atoms with Crippen LogP contribution in [0.15, 0.2) is 48.5 Å². The first kappa shape index (κ1) is 14.6. The van der Waals surface area contributed by atoms with Crippen LogP contribution in [-0.4, -0.2) is 21.1 Å². The highest BCUT2D eigenvalue weighted by Gasteiger charge is 2.11. The van der Waals surface area contributed by atoms with Crippen LogP contribution >= 0.6 is 0 Å². The van der Waals surface area contributed by atoms with Crippen LogP contribution in [0.1, 0.15) is 29.7 Å². The van der Waals surface area contributed by atoms with E-state index in [-0.39, 0.29) is 6.04 Å². The molecule has 0 radical (unpaired) electrons. The Labute approximate surface area is 122 Å². The minimum absolute atomic E-state index is 0.247.